The van der Waals surface area contributed by atoms with E-state index in [1.807, 2.05) is 6.92 Å². The molecule has 0 aliphatic heterocycles. The van der Waals surface area contributed by atoms with E-state index >= 15 is 0 Å². The lowest BCUT2D eigenvalue weighted by Gasteiger charge is -2.14. The number of anilines is 1. The molecule has 0 bridgehead atoms. The normalized spacial score (nSPS) is 11.1. The topological polar surface area (TPSA) is 64.9 Å². The minimum Gasteiger partial charge on any atom is -0.378 e. The first-order chi connectivity index (χ1) is 10.1. The Morgan fingerprint density at radius 3 is 2.76 bits per heavy atom. The van der Waals surface area contributed by atoms with Crippen LogP contribution in [0.15, 0.2) is 17.0 Å². The second kappa shape index (κ2) is 7.00. The number of imidazole rings is 1. The SMILES string of the molecule is CCNc1nc(-c2cncn2C(C)C)nc(COC)c1Br. The lowest BCUT2D eigenvalue weighted by atomic mass is 10.3. The number of ether oxygens (including phenoxy) is 1. The third-order valence-corrected chi connectivity index (χ3v) is 3.83. The highest BCUT2D eigenvalue weighted by Gasteiger charge is 2.16. The van der Waals surface area contributed by atoms with Gasteiger partial charge in [-0.15, -0.1) is 0 Å². The van der Waals surface area contributed by atoms with Crippen molar-refractivity contribution in [3.05, 3.63) is 22.7 Å². The van der Waals surface area contributed by atoms with Crippen molar-refractivity contribution in [2.75, 3.05) is 19.0 Å². The lowest BCUT2D eigenvalue weighted by molar-refractivity contribution is 0.181. The van der Waals surface area contributed by atoms with E-state index in [-0.39, 0.29) is 0 Å². The third kappa shape index (κ3) is 3.41. The van der Waals surface area contributed by atoms with E-state index in [1.54, 1.807) is 19.6 Å². The molecule has 2 aromatic heterocycles. The number of nitrogens with zero attached hydrogens (tertiary/aromatic N) is 4. The smallest absolute Gasteiger partial charge is 0.180 e. The molecule has 0 aliphatic carbocycles. The zero-order valence-corrected chi connectivity index (χ0v) is 14.3. The second-order valence-electron chi connectivity index (χ2n) is 4.90. The van der Waals surface area contributed by atoms with Crippen LogP contribution in [0.5, 0.6) is 0 Å². The van der Waals surface area contributed by atoms with Crippen LogP contribution < -0.4 is 5.32 Å². The molecule has 0 atom stereocenters. The molecule has 0 amide bonds. The highest BCUT2D eigenvalue weighted by molar-refractivity contribution is 9.10. The van der Waals surface area contributed by atoms with Crippen LogP contribution in [0.3, 0.4) is 0 Å². The second-order valence-corrected chi connectivity index (χ2v) is 5.69. The molecule has 114 valence electrons. The average molecular weight is 354 g/mol. The van der Waals surface area contributed by atoms with Crippen LogP contribution in [-0.2, 0) is 11.3 Å². The fourth-order valence-corrected chi connectivity index (χ4v) is 2.45. The molecule has 0 unspecified atom stereocenters. The van der Waals surface area contributed by atoms with Gasteiger partial charge in [-0.3, -0.25) is 0 Å². The molecule has 0 aliphatic rings. The van der Waals surface area contributed by atoms with Gasteiger partial charge in [0.15, 0.2) is 5.82 Å². The van der Waals surface area contributed by atoms with Crippen molar-refractivity contribution < 1.29 is 4.74 Å². The molecule has 0 radical (unpaired) electrons. The summed E-state index contributed by atoms with van der Waals surface area (Å²) in [5.74, 6) is 1.42. The molecular weight excluding hydrogens is 334 g/mol. The maximum absolute atomic E-state index is 5.22. The number of aromatic nitrogens is 4. The Balaban J connectivity index is 2.54. The summed E-state index contributed by atoms with van der Waals surface area (Å²) in [6, 6.07) is 0.295. The van der Waals surface area contributed by atoms with E-state index in [4.69, 9.17) is 4.74 Å². The van der Waals surface area contributed by atoms with Crippen molar-refractivity contribution in [1.29, 1.82) is 0 Å². The molecule has 1 N–H and O–H groups in total. The average Bonchev–Trinajstić information content (AvgIpc) is 2.93. The van der Waals surface area contributed by atoms with Gasteiger partial charge < -0.3 is 14.6 Å². The maximum Gasteiger partial charge on any atom is 0.180 e. The Bertz CT molecular complexity index is 584. The van der Waals surface area contributed by atoms with Gasteiger partial charge in [-0.05, 0) is 36.7 Å². The molecule has 0 aromatic carbocycles. The molecule has 7 heteroatoms. The number of nitrogens with one attached hydrogen (secondary N) is 1. The van der Waals surface area contributed by atoms with E-state index in [0.717, 1.165) is 28.2 Å². The van der Waals surface area contributed by atoms with Gasteiger partial charge in [-0.25, -0.2) is 15.0 Å². The number of halogens is 1. The number of methoxy groups -OCH3 is 1. The summed E-state index contributed by atoms with van der Waals surface area (Å²) in [7, 11) is 1.65. The van der Waals surface area contributed by atoms with Crippen LogP contribution >= 0.6 is 15.9 Å². The van der Waals surface area contributed by atoms with Crippen molar-refractivity contribution in [2.24, 2.45) is 0 Å². The van der Waals surface area contributed by atoms with Gasteiger partial charge in [0.25, 0.3) is 0 Å². The minimum absolute atomic E-state index is 0.295. The summed E-state index contributed by atoms with van der Waals surface area (Å²) in [5.41, 5.74) is 1.71. The zero-order chi connectivity index (χ0) is 15.4. The van der Waals surface area contributed by atoms with Crippen molar-refractivity contribution in [1.82, 2.24) is 19.5 Å². The molecule has 0 fully saturated rings. The van der Waals surface area contributed by atoms with Crippen molar-refractivity contribution in [2.45, 2.75) is 33.4 Å². The Morgan fingerprint density at radius 2 is 2.14 bits per heavy atom. The van der Waals surface area contributed by atoms with E-state index in [9.17, 15) is 0 Å². The van der Waals surface area contributed by atoms with Crippen molar-refractivity contribution in [3.63, 3.8) is 0 Å². The molecule has 2 rings (SSSR count). The fraction of sp³-hybridized carbons (Fsp3) is 0.500. The van der Waals surface area contributed by atoms with E-state index in [2.05, 4.69) is 54.6 Å². The van der Waals surface area contributed by atoms with Crippen molar-refractivity contribution in [3.8, 4) is 11.5 Å². The molecule has 0 spiro atoms. The van der Waals surface area contributed by atoms with Gasteiger partial charge in [0.05, 0.1) is 29.3 Å². The minimum atomic E-state index is 0.295. The zero-order valence-electron chi connectivity index (χ0n) is 12.7. The van der Waals surface area contributed by atoms with E-state index in [1.165, 1.54) is 0 Å². The van der Waals surface area contributed by atoms with Crippen LogP contribution in [0.1, 0.15) is 32.5 Å². The van der Waals surface area contributed by atoms with E-state index in [0.29, 0.717) is 18.5 Å². The van der Waals surface area contributed by atoms with Gasteiger partial charge in [0.1, 0.15) is 11.5 Å². The highest BCUT2D eigenvalue weighted by atomic mass is 79.9. The summed E-state index contributed by atoms with van der Waals surface area (Å²) in [5, 5.41) is 3.24. The third-order valence-electron chi connectivity index (χ3n) is 3.00. The van der Waals surface area contributed by atoms with E-state index < -0.39 is 0 Å². The number of rotatable bonds is 6. The monoisotopic (exact) mass is 353 g/mol. The maximum atomic E-state index is 5.22. The van der Waals surface area contributed by atoms with Gasteiger partial charge in [-0.2, -0.15) is 0 Å². The van der Waals surface area contributed by atoms with Gasteiger partial charge in [0.2, 0.25) is 0 Å². The predicted octanol–water partition coefficient (Wildman–Crippen LogP) is 3.26. The quantitative estimate of drug-likeness (QED) is 0.863. The van der Waals surface area contributed by atoms with Crippen LogP contribution in [0, 0.1) is 0 Å². The largest absolute Gasteiger partial charge is 0.378 e. The molecule has 6 nitrogen and oxygen atoms in total. The summed E-state index contributed by atoms with van der Waals surface area (Å²) < 4.78 is 8.11. The highest BCUT2D eigenvalue weighted by Crippen LogP contribution is 2.28. The summed E-state index contributed by atoms with van der Waals surface area (Å²) in [6.07, 6.45) is 3.59. The molecule has 21 heavy (non-hydrogen) atoms. The van der Waals surface area contributed by atoms with Crippen LogP contribution in [0.2, 0.25) is 0 Å². The van der Waals surface area contributed by atoms with Crippen LogP contribution in [0.25, 0.3) is 11.5 Å². The number of hydrogen-bond donors (Lipinski definition) is 1. The number of hydrogen-bond acceptors (Lipinski definition) is 5. The summed E-state index contributed by atoms with van der Waals surface area (Å²) in [6.45, 7) is 7.44. The van der Waals surface area contributed by atoms with Gasteiger partial charge in [0, 0.05) is 19.7 Å². The predicted molar refractivity (Wildman–Crippen MR) is 86.2 cm³/mol. The van der Waals surface area contributed by atoms with Crippen LogP contribution in [0.4, 0.5) is 5.82 Å². The Kier molecular flexibility index (Phi) is 5.30. The Hall–Kier alpha value is -1.47. The first kappa shape index (κ1) is 15.9. The van der Waals surface area contributed by atoms with Gasteiger partial charge >= 0.3 is 0 Å². The molecule has 2 aromatic rings. The first-order valence-corrected chi connectivity index (χ1v) is 7.69. The molecule has 2 heterocycles. The summed E-state index contributed by atoms with van der Waals surface area (Å²) >= 11 is 3.54. The molecular formula is C14H20BrN5O. The standard InChI is InChI=1S/C14H20BrN5O/c1-5-17-14-12(15)10(7-21-4)18-13(19-14)11-6-16-8-20(11)9(2)3/h6,8-9H,5,7H2,1-4H3,(H,17,18,19). The van der Waals surface area contributed by atoms with Crippen molar-refractivity contribution >= 4 is 21.7 Å². The summed E-state index contributed by atoms with van der Waals surface area (Å²) in [4.78, 5) is 13.4. The Morgan fingerprint density at radius 1 is 1.38 bits per heavy atom. The first-order valence-electron chi connectivity index (χ1n) is 6.89. The Labute approximate surface area is 133 Å². The van der Waals surface area contributed by atoms with Gasteiger partial charge in [-0.1, -0.05) is 0 Å². The molecule has 0 saturated heterocycles. The fourth-order valence-electron chi connectivity index (χ4n) is 2.01. The lowest BCUT2D eigenvalue weighted by Crippen LogP contribution is -2.09. The molecule has 0 saturated carbocycles. The van der Waals surface area contributed by atoms with Crippen LogP contribution in [-0.4, -0.2) is 33.2 Å².